The molecule has 1 N–H and O–H groups in total. The molecule has 0 spiro atoms. The Morgan fingerprint density at radius 3 is 2.77 bits per heavy atom. The maximum atomic E-state index is 12.5. The van der Waals surface area contributed by atoms with Gasteiger partial charge in [-0.1, -0.05) is 24.3 Å². The SMILES string of the molecule is N#Cc1c(COC(=O)c2n[nH]c(=O)c3ccccc23)cn2ccccc12. The fraction of sp³-hybridized carbons (Fsp3) is 0.0526. The number of carbonyl (C=O) groups is 1. The van der Waals surface area contributed by atoms with E-state index in [1.807, 2.05) is 24.4 Å². The zero-order chi connectivity index (χ0) is 18.1. The van der Waals surface area contributed by atoms with Crippen molar-refractivity contribution in [2.75, 3.05) is 0 Å². The van der Waals surface area contributed by atoms with Gasteiger partial charge in [-0.25, -0.2) is 9.89 Å². The normalized spacial score (nSPS) is 10.7. The second-order valence-corrected chi connectivity index (χ2v) is 5.66. The summed E-state index contributed by atoms with van der Waals surface area (Å²) in [7, 11) is 0. The van der Waals surface area contributed by atoms with Crippen molar-refractivity contribution in [3.8, 4) is 6.07 Å². The second-order valence-electron chi connectivity index (χ2n) is 5.66. The molecule has 0 amide bonds. The van der Waals surface area contributed by atoms with Gasteiger partial charge in [-0.3, -0.25) is 4.79 Å². The molecule has 0 aliphatic heterocycles. The van der Waals surface area contributed by atoms with Crippen LogP contribution in [0.15, 0.2) is 59.7 Å². The summed E-state index contributed by atoms with van der Waals surface area (Å²) in [4.78, 5) is 24.3. The number of esters is 1. The lowest BCUT2D eigenvalue weighted by Gasteiger charge is -2.05. The average Bonchev–Trinajstić information content (AvgIpc) is 3.04. The van der Waals surface area contributed by atoms with Gasteiger partial charge in [0.2, 0.25) is 0 Å². The van der Waals surface area contributed by atoms with Crippen LogP contribution in [0.3, 0.4) is 0 Å². The first-order chi connectivity index (χ1) is 12.7. The lowest BCUT2D eigenvalue weighted by molar-refractivity contribution is 0.0467. The van der Waals surface area contributed by atoms with Crippen molar-refractivity contribution in [2.24, 2.45) is 0 Å². The minimum atomic E-state index is -0.670. The van der Waals surface area contributed by atoms with Gasteiger partial charge in [-0.05, 0) is 18.2 Å². The van der Waals surface area contributed by atoms with Gasteiger partial charge in [-0.2, -0.15) is 10.4 Å². The number of fused-ring (bicyclic) bond motifs is 2. The number of aromatic amines is 1. The Kier molecular flexibility index (Phi) is 3.71. The summed E-state index contributed by atoms with van der Waals surface area (Å²) in [5.41, 5.74) is 1.46. The van der Waals surface area contributed by atoms with Crippen molar-refractivity contribution in [1.29, 1.82) is 5.26 Å². The van der Waals surface area contributed by atoms with Crippen LogP contribution in [0.1, 0.15) is 21.6 Å². The molecule has 7 heteroatoms. The number of nitrogens with zero attached hydrogens (tertiary/aromatic N) is 3. The maximum Gasteiger partial charge on any atom is 0.359 e. The number of hydrogen-bond donors (Lipinski definition) is 1. The van der Waals surface area contributed by atoms with Crippen LogP contribution in [0, 0.1) is 11.3 Å². The van der Waals surface area contributed by atoms with Crippen molar-refractivity contribution in [1.82, 2.24) is 14.6 Å². The number of nitriles is 1. The minimum Gasteiger partial charge on any atom is -0.456 e. The standard InChI is InChI=1S/C19H12N4O3/c20-9-15-12(10-23-8-4-3-7-16(15)23)11-26-19(25)17-13-5-1-2-6-14(13)18(24)22-21-17/h1-8,10H,11H2,(H,22,24). The minimum absolute atomic E-state index is 0.0301. The van der Waals surface area contributed by atoms with Gasteiger partial charge < -0.3 is 9.14 Å². The largest absolute Gasteiger partial charge is 0.456 e. The molecule has 1 aromatic carbocycles. The number of hydrogen-bond acceptors (Lipinski definition) is 5. The molecular formula is C19H12N4O3. The lowest BCUT2D eigenvalue weighted by Crippen LogP contribution is -2.16. The van der Waals surface area contributed by atoms with Crippen molar-refractivity contribution >= 4 is 22.3 Å². The predicted octanol–water partition coefficient (Wildman–Crippen LogP) is 2.40. The van der Waals surface area contributed by atoms with E-state index >= 15 is 0 Å². The predicted molar refractivity (Wildman–Crippen MR) is 93.6 cm³/mol. The van der Waals surface area contributed by atoms with E-state index in [0.29, 0.717) is 21.9 Å². The third-order valence-corrected chi connectivity index (χ3v) is 4.12. The number of aromatic nitrogens is 3. The summed E-state index contributed by atoms with van der Waals surface area (Å²) in [5.74, 6) is -0.670. The number of nitrogens with one attached hydrogen (secondary N) is 1. The smallest absolute Gasteiger partial charge is 0.359 e. The first-order valence-corrected chi connectivity index (χ1v) is 7.82. The third kappa shape index (κ3) is 2.50. The van der Waals surface area contributed by atoms with Gasteiger partial charge in [0.25, 0.3) is 5.56 Å². The Hall–Kier alpha value is -3.92. The van der Waals surface area contributed by atoms with Gasteiger partial charge >= 0.3 is 5.97 Å². The van der Waals surface area contributed by atoms with Gasteiger partial charge in [-0.15, -0.1) is 0 Å². The zero-order valence-corrected chi connectivity index (χ0v) is 13.5. The number of benzene rings is 1. The van der Waals surface area contributed by atoms with Crippen LogP contribution in [-0.2, 0) is 11.3 Å². The van der Waals surface area contributed by atoms with E-state index in [9.17, 15) is 14.9 Å². The van der Waals surface area contributed by atoms with Crippen molar-refractivity contribution < 1.29 is 9.53 Å². The first-order valence-electron chi connectivity index (χ1n) is 7.82. The molecule has 126 valence electrons. The molecule has 0 unspecified atom stereocenters. The van der Waals surface area contributed by atoms with E-state index in [2.05, 4.69) is 16.3 Å². The topological polar surface area (TPSA) is 100 Å². The van der Waals surface area contributed by atoms with Crippen molar-refractivity contribution in [2.45, 2.75) is 6.61 Å². The molecule has 0 fully saturated rings. The van der Waals surface area contributed by atoms with E-state index in [-0.39, 0.29) is 17.9 Å². The molecule has 0 saturated carbocycles. The summed E-state index contributed by atoms with van der Waals surface area (Å²) in [6, 6.07) is 14.3. The Morgan fingerprint density at radius 1 is 1.19 bits per heavy atom. The molecule has 0 atom stereocenters. The van der Waals surface area contributed by atoms with Crippen LogP contribution in [0.2, 0.25) is 0 Å². The highest BCUT2D eigenvalue weighted by molar-refractivity contribution is 6.02. The van der Waals surface area contributed by atoms with Crippen LogP contribution in [-0.4, -0.2) is 20.6 Å². The summed E-state index contributed by atoms with van der Waals surface area (Å²) >= 11 is 0. The van der Waals surface area contributed by atoms with Gasteiger partial charge in [0, 0.05) is 23.3 Å². The number of pyridine rings is 1. The van der Waals surface area contributed by atoms with E-state index < -0.39 is 5.97 Å². The van der Waals surface area contributed by atoms with E-state index in [1.165, 1.54) is 0 Å². The number of rotatable bonds is 3. The number of ether oxygens (including phenoxy) is 1. The van der Waals surface area contributed by atoms with Gasteiger partial charge in [0.05, 0.1) is 16.5 Å². The summed E-state index contributed by atoms with van der Waals surface area (Å²) in [5, 5.41) is 16.3. The molecule has 0 aliphatic carbocycles. The van der Waals surface area contributed by atoms with Crippen molar-refractivity contribution in [3.05, 3.63) is 82.0 Å². The quantitative estimate of drug-likeness (QED) is 0.575. The van der Waals surface area contributed by atoms with Crippen LogP contribution in [0.4, 0.5) is 0 Å². The second kappa shape index (κ2) is 6.18. The maximum absolute atomic E-state index is 12.5. The molecule has 0 radical (unpaired) electrons. The van der Waals surface area contributed by atoms with Gasteiger partial charge in [0.1, 0.15) is 12.7 Å². The molecule has 4 aromatic rings. The molecule has 4 rings (SSSR count). The van der Waals surface area contributed by atoms with Crippen LogP contribution >= 0.6 is 0 Å². The molecule has 3 aromatic heterocycles. The molecular weight excluding hydrogens is 332 g/mol. The molecule has 0 bridgehead atoms. The Bertz CT molecular complexity index is 1250. The highest BCUT2D eigenvalue weighted by Crippen LogP contribution is 2.20. The van der Waals surface area contributed by atoms with Crippen molar-refractivity contribution in [3.63, 3.8) is 0 Å². The Labute approximate surface area is 147 Å². The van der Waals surface area contributed by atoms with Crippen LogP contribution in [0.5, 0.6) is 0 Å². The van der Waals surface area contributed by atoms with E-state index in [1.54, 1.807) is 34.9 Å². The summed E-state index contributed by atoms with van der Waals surface area (Å²) < 4.78 is 7.15. The average molecular weight is 344 g/mol. The number of carbonyl (C=O) groups excluding carboxylic acids is 1. The molecule has 7 nitrogen and oxygen atoms in total. The number of H-pyrrole nitrogens is 1. The van der Waals surface area contributed by atoms with Crippen LogP contribution < -0.4 is 5.56 Å². The van der Waals surface area contributed by atoms with Gasteiger partial charge in [0.15, 0.2) is 5.69 Å². The summed E-state index contributed by atoms with van der Waals surface area (Å²) in [6.45, 7) is -0.0709. The zero-order valence-electron chi connectivity index (χ0n) is 13.5. The summed E-state index contributed by atoms with van der Waals surface area (Å²) in [6.07, 6.45) is 3.57. The highest BCUT2D eigenvalue weighted by atomic mass is 16.5. The fourth-order valence-corrected chi connectivity index (χ4v) is 2.90. The molecule has 26 heavy (non-hydrogen) atoms. The molecule has 3 heterocycles. The van der Waals surface area contributed by atoms with E-state index in [0.717, 1.165) is 5.52 Å². The first kappa shape index (κ1) is 15.6. The fourth-order valence-electron chi connectivity index (χ4n) is 2.90. The Morgan fingerprint density at radius 2 is 1.96 bits per heavy atom. The van der Waals surface area contributed by atoms with E-state index in [4.69, 9.17) is 4.74 Å². The van der Waals surface area contributed by atoms with Crippen LogP contribution in [0.25, 0.3) is 16.3 Å². The Balaban J connectivity index is 1.66. The lowest BCUT2D eigenvalue weighted by atomic mass is 10.1. The molecule has 0 aliphatic rings. The third-order valence-electron chi connectivity index (χ3n) is 4.12. The monoisotopic (exact) mass is 344 g/mol. The highest BCUT2D eigenvalue weighted by Gasteiger charge is 2.17. The molecule has 0 saturated heterocycles.